The van der Waals surface area contributed by atoms with Crippen LogP contribution in [0.4, 0.5) is 0 Å². The molecule has 0 radical (unpaired) electrons. The van der Waals surface area contributed by atoms with E-state index in [0.29, 0.717) is 6.04 Å². The predicted molar refractivity (Wildman–Crippen MR) is 89.7 cm³/mol. The van der Waals surface area contributed by atoms with E-state index in [1.165, 1.54) is 36.0 Å². The molecule has 0 fully saturated rings. The van der Waals surface area contributed by atoms with Crippen LogP contribution in [0, 0.1) is 0 Å². The third-order valence-electron chi connectivity index (χ3n) is 4.16. The van der Waals surface area contributed by atoms with Gasteiger partial charge in [-0.1, -0.05) is 40.2 Å². The Morgan fingerprint density at radius 1 is 1.24 bits per heavy atom. The quantitative estimate of drug-likeness (QED) is 0.872. The first-order chi connectivity index (χ1) is 10.3. The van der Waals surface area contributed by atoms with E-state index in [0.717, 1.165) is 16.8 Å². The van der Waals surface area contributed by atoms with Crippen molar-refractivity contribution in [3.63, 3.8) is 0 Å². The van der Waals surface area contributed by atoms with Crippen LogP contribution in [-0.2, 0) is 13.0 Å². The first kappa shape index (κ1) is 14.6. The van der Waals surface area contributed by atoms with Crippen molar-refractivity contribution in [3.05, 3.63) is 63.6 Å². The second kappa shape index (κ2) is 6.63. The first-order valence-corrected chi connectivity index (χ1v) is 8.21. The molecule has 0 saturated heterocycles. The Hall–Kier alpha value is -1.32. The lowest BCUT2D eigenvalue weighted by molar-refractivity contribution is 0.413. The molecule has 3 heteroatoms. The number of aryl methyl sites for hydroxylation is 1. The molecule has 3 rings (SSSR count). The van der Waals surface area contributed by atoms with Crippen molar-refractivity contribution < 1.29 is 4.74 Å². The molecule has 110 valence electrons. The Labute approximate surface area is 134 Å². The Morgan fingerprint density at radius 3 is 2.95 bits per heavy atom. The molecule has 1 aliphatic carbocycles. The lowest BCUT2D eigenvalue weighted by atomic mass is 9.87. The van der Waals surface area contributed by atoms with E-state index in [4.69, 9.17) is 4.74 Å². The smallest absolute Gasteiger partial charge is 0.119 e. The Morgan fingerprint density at radius 2 is 2.10 bits per heavy atom. The Kier molecular flexibility index (Phi) is 4.61. The zero-order chi connectivity index (χ0) is 14.7. The van der Waals surface area contributed by atoms with Gasteiger partial charge in [-0.05, 0) is 54.2 Å². The maximum atomic E-state index is 5.31. The number of methoxy groups -OCH3 is 1. The number of rotatable bonds is 4. The zero-order valence-corrected chi connectivity index (χ0v) is 13.8. The van der Waals surface area contributed by atoms with Crippen molar-refractivity contribution >= 4 is 15.9 Å². The highest BCUT2D eigenvalue weighted by molar-refractivity contribution is 9.10. The van der Waals surface area contributed by atoms with Crippen LogP contribution < -0.4 is 10.1 Å². The highest BCUT2D eigenvalue weighted by atomic mass is 79.9. The summed E-state index contributed by atoms with van der Waals surface area (Å²) in [6.45, 7) is 0.844. The second-order valence-electron chi connectivity index (χ2n) is 5.48. The highest BCUT2D eigenvalue weighted by Crippen LogP contribution is 2.30. The monoisotopic (exact) mass is 345 g/mol. The van der Waals surface area contributed by atoms with E-state index >= 15 is 0 Å². The Balaban J connectivity index is 1.74. The van der Waals surface area contributed by atoms with Gasteiger partial charge in [-0.15, -0.1) is 0 Å². The fraction of sp³-hybridized carbons (Fsp3) is 0.333. The van der Waals surface area contributed by atoms with Crippen LogP contribution in [-0.4, -0.2) is 7.11 Å². The van der Waals surface area contributed by atoms with Gasteiger partial charge in [0.15, 0.2) is 0 Å². The summed E-state index contributed by atoms with van der Waals surface area (Å²) in [5.74, 6) is 0.902. The van der Waals surface area contributed by atoms with Crippen molar-refractivity contribution in [1.82, 2.24) is 5.32 Å². The minimum absolute atomic E-state index is 0.452. The molecule has 0 saturated carbocycles. The summed E-state index contributed by atoms with van der Waals surface area (Å²) in [6, 6.07) is 15.4. The van der Waals surface area contributed by atoms with Crippen molar-refractivity contribution in [2.24, 2.45) is 0 Å². The summed E-state index contributed by atoms with van der Waals surface area (Å²) < 4.78 is 6.43. The summed E-state index contributed by atoms with van der Waals surface area (Å²) in [5.41, 5.74) is 4.19. The lowest BCUT2D eigenvalue weighted by Gasteiger charge is -2.26. The average Bonchev–Trinajstić information content (AvgIpc) is 2.54. The third kappa shape index (κ3) is 3.30. The van der Waals surface area contributed by atoms with E-state index in [1.807, 2.05) is 12.1 Å². The molecule has 0 aromatic heterocycles. The third-order valence-corrected chi connectivity index (χ3v) is 4.93. The minimum Gasteiger partial charge on any atom is -0.497 e. The molecule has 2 aromatic carbocycles. The van der Waals surface area contributed by atoms with Gasteiger partial charge >= 0.3 is 0 Å². The molecule has 1 atom stereocenters. The van der Waals surface area contributed by atoms with Crippen LogP contribution >= 0.6 is 15.9 Å². The normalized spacial score (nSPS) is 17.3. The molecule has 1 aliphatic rings. The van der Waals surface area contributed by atoms with Crippen LogP contribution in [0.5, 0.6) is 5.75 Å². The molecule has 0 bridgehead atoms. The van der Waals surface area contributed by atoms with Gasteiger partial charge in [0, 0.05) is 17.1 Å². The van der Waals surface area contributed by atoms with Crippen LogP contribution in [0.1, 0.15) is 35.6 Å². The lowest BCUT2D eigenvalue weighted by Crippen LogP contribution is -2.25. The van der Waals surface area contributed by atoms with Gasteiger partial charge in [0.05, 0.1) is 7.11 Å². The van der Waals surface area contributed by atoms with Gasteiger partial charge in [0.25, 0.3) is 0 Å². The topological polar surface area (TPSA) is 21.3 Å². The number of hydrogen-bond donors (Lipinski definition) is 1. The van der Waals surface area contributed by atoms with E-state index in [1.54, 1.807) is 7.11 Å². The number of fused-ring (bicyclic) bond motifs is 1. The summed E-state index contributed by atoms with van der Waals surface area (Å²) in [4.78, 5) is 0. The second-order valence-corrected chi connectivity index (χ2v) is 6.34. The van der Waals surface area contributed by atoms with Crippen molar-refractivity contribution in [3.8, 4) is 5.75 Å². The molecular formula is C18H20BrNO. The van der Waals surface area contributed by atoms with Gasteiger partial charge in [0.1, 0.15) is 5.75 Å². The molecule has 2 nitrogen and oxygen atoms in total. The van der Waals surface area contributed by atoms with Crippen molar-refractivity contribution in [2.45, 2.75) is 31.8 Å². The van der Waals surface area contributed by atoms with Gasteiger partial charge in [-0.3, -0.25) is 0 Å². The average molecular weight is 346 g/mol. The maximum Gasteiger partial charge on any atom is 0.119 e. The van der Waals surface area contributed by atoms with Crippen LogP contribution in [0.15, 0.2) is 46.9 Å². The van der Waals surface area contributed by atoms with Gasteiger partial charge in [-0.25, -0.2) is 0 Å². The van der Waals surface area contributed by atoms with E-state index < -0.39 is 0 Å². The number of halogens is 1. The molecular weight excluding hydrogens is 326 g/mol. The Bertz CT molecular complexity index is 626. The molecule has 0 heterocycles. The summed E-state index contributed by atoms with van der Waals surface area (Å²) >= 11 is 3.62. The zero-order valence-electron chi connectivity index (χ0n) is 12.2. The van der Waals surface area contributed by atoms with E-state index in [2.05, 4.69) is 51.6 Å². The largest absolute Gasteiger partial charge is 0.497 e. The van der Waals surface area contributed by atoms with Crippen LogP contribution in [0.2, 0.25) is 0 Å². The number of nitrogens with one attached hydrogen (secondary N) is 1. The van der Waals surface area contributed by atoms with Crippen LogP contribution in [0.3, 0.4) is 0 Å². The van der Waals surface area contributed by atoms with Crippen molar-refractivity contribution in [1.29, 1.82) is 0 Å². The summed E-state index contributed by atoms with van der Waals surface area (Å²) in [7, 11) is 1.71. The number of benzene rings is 2. The highest BCUT2D eigenvalue weighted by Gasteiger charge is 2.19. The molecule has 1 unspecified atom stereocenters. The molecule has 0 aliphatic heterocycles. The van der Waals surface area contributed by atoms with E-state index in [-0.39, 0.29) is 0 Å². The minimum atomic E-state index is 0.452. The van der Waals surface area contributed by atoms with Gasteiger partial charge in [-0.2, -0.15) is 0 Å². The molecule has 21 heavy (non-hydrogen) atoms. The molecule has 1 N–H and O–H groups in total. The SMILES string of the molecule is COc1ccc(Br)c(CNC2CCCc3ccccc32)c1. The molecule has 0 amide bonds. The van der Waals surface area contributed by atoms with Crippen molar-refractivity contribution in [2.75, 3.05) is 7.11 Å². The fourth-order valence-electron chi connectivity index (χ4n) is 3.01. The number of hydrogen-bond acceptors (Lipinski definition) is 2. The fourth-order valence-corrected chi connectivity index (χ4v) is 3.40. The maximum absolute atomic E-state index is 5.31. The summed E-state index contributed by atoms with van der Waals surface area (Å²) in [5, 5.41) is 3.70. The van der Waals surface area contributed by atoms with Crippen LogP contribution in [0.25, 0.3) is 0 Å². The molecule has 2 aromatic rings. The van der Waals surface area contributed by atoms with Gasteiger partial charge in [0.2, 0.25) is 0 Å². The predicted octanol–water partition coefficient (Wildman–Crippen LogP) is 4.62. The standard InChI is InChI=1S/C18H20BrNO/c1-21-15-9-10-17(19)14(11-15)12-20-18-8-4-6-13-5-2-3-7-16(13)18/h2-3,5,7,9-11,18,20H,4,6,8,12H2,1H3. The first-order valence-electron chi connectivity index (χ1n) is 7.41. The van der Waals surface area contributed by atoms with Gasteiger partial charge < -0.3 is 10.1 Å². The molecule has 0 spiro atoms. The number of ether oxygens (including phenoxy) is 1. The van der Waals surface area contributed by atoms with E-state index in [9.17, 15) is 0 Å². The summed E-state index contributed by atoms with van der Waals surface area (Å²) in [6.07, 6.45) is 3.67.